The van der Waals surface area contributed by atoms with Crippen LogP contribution >= 0.6 is 34.7 Å². The van der Waals surface area contributed by atoms with Crippen molar-refractivity contribution in [1.29, 1.82) is 0 Å². The van der Waals surface area contributed by atoms with Gasteiger partial charge in [-0.05, 0) is 29.7 Å². The zero-order chi connectivity index (χ0) is 13.0. The predicted octanol–water partition coefficient (Wildman–Crippen LogP) is 4.09. The topological polar surface area (TPSA) is 37.8 Å². The number of nitrogens with zero attached hydrogens (tertiary/aromatic N) is 2. The molecule has 3 nitrogen and oxygen atoms in total. The average molecular weight is 300 g/mol. The van der Waals surface area contributed by atoms with E-state index in [-0.39, 0.29) is 0 Å². The summed E-state index contributed by atoms with van der Waals surface area (Å²) in [5, 5.41) is 6.58. The summed E-state index contributed by atoms with van der Waals surface area (Å²) in [4.78, 5) is 9.82. The first-order valence-electron chi connectivity index (χ1n) is 5.60. The normalized spacial score (nSPS) is 10.6. The lowest BCUT2D eigenvalue weighted by molar-refractivity contribution is 0.956. The Morgan fingerprint density at radius 3 is 3.00 bits per heavy atom. The van der Waals surface area contributed by atoms with Crippen molar-refractivity contribution < 1.29 is 0 Å². The van der Waals surface area contributed by atoms with Crippen LogP contribution in [0.2, 0.25) is 5.15 Å². The molecule has 0 aromatic carbocycles. The lowest BCUT2D eigenvalue weighted by Gasteiger charge is -2.07. The second kappa shape index (κ2) is 6.41. The van der Waals surface area contributed by atoms with Crippen molar-refractivity contribution in [2.24, 2.45) is 0 Å². The molecular formula is C12H14ClN3S2. The van der Waals surface area contributed by atoms with Gasteiger partial charge >= 0.3 is 0 Å². The highest BCUT2D eigenvalue weighted by Gasteiger charge is 2.05. The summed E-state index contributed by atoms with van der Waals surface area (Å²) in [6.45, 7) is 2.95. The van der Waals surface area contributed by atoms with Gasteiger partial charge in [-0.2, -0.15) is 0 Å². The first-order chi connectivity index (χ1) is 8.72. The number of anilines is 1. The highest BCUT2D eigenvalue weighted by molar-refractivity contribution is 7.98. The maximum absolute atomic E-state index is 5.95. The van der Waals surface area contributed by atoms with Crippen LogP contribution in [0.15, 0.2) is 22.7 Å². The van der Waals surface area contributed by atoms with E-state index in [4.69, 9.17) is 11.6 Å². The van der Waals surface area contributed by atoms with Crippen LogP contribution in [-0.4, -0.2) is 16.2 Å². The zero-order valence-electron chi connectivity index (χ0n) is 10.2. The Morgan fingerprint density at radius 1 is 1.44 bits per heavy atom. The molecule has 0 saturated carbocycles. The first kappa shape index (κ1) is 13.6. The molecule has 6 heteroatoms. The summed E-state index contributed by atoms with van der Waals surface area (Å²) >= 11 is 9.19. The van der Waals surface area contributed by atoms with Gasteiger partial charge in [-0.15, -0.1) is 11.3 Å². The molecule has 2 rings (SSSR count). The van der Waals surface area contributed by atoms with Crippen LogP contribution in [0.1, 0.15) is 17.4 Å². The highest BCUT2D eigenvalue weighted by Crippen LogP contribution is 2.21. The monoisotopic (exact) mass is 299 g/mol. The molecule has 1 N–H and O–H groups in total. The molecule has 96 valence electrons. The zero-order valence-corrected chi connectivity index (χ0v) is 12.6. The maximum Gasteiger partial charge on any atom is 0.190 e. The van der Waals surface area contributed by atoms with E-state index < -0.39 is 0 Å². The summed E-state index contributed by atoms with van der Waals surface area (Å²) in [7, 11) is 0. The second-order valence-corrected chi connectivity index (χ2v) is 5.80. The Kier molecular flexibility index (Phi) is 4.86. The summed E-state index contributed by atoms with van der Waals surface area (Å²) in [6.07, 6.45) is 2.99. The van der Waals surface area contributed by atoms with Gasteiger partial charge in [0.2, 0.25) is 0 Å². The minimum absolute atomic E-state index is 0.471. The third-order valence-corrected chi connectivity index (χ3v) is 4.21. The number of hydrogen-bond donors (Lipinski definition) is 1. The lowest BCUT2D eigenvalue weighted by atomic mass is 10.2. The van der Waals surface area contributed by atoms with E-state index in [1.165, 1.54) is 22.2 Å². The Bertz CT molecular complexity index is 528. The van der Waals surface area contributed by atoms with Crippen molar-refractivity contribution in [3.8, 4) is 0 Å². The fourth-order valence-corrected chi connectivity index (χ4v) is 3.12. The summed E-state index contributed by atoms with van der Waals surface area (Å²) < 4.78 is 0. The van der Waals surface area contributed by atoms with E-state index in [1.54, 1.807) is 17.4 Å². The van der Waals surface area contributed by atoms with Gasteiger partial charge in [0, 0.05) is 10.9 Å². The smallest absolute Gasteiger partial charge is 0.190 e. The molecule has 0 fully saturated rings. The minimum Gasteiger partial charge on any atom is -0.365 e. The number of rotatable bonds is 5. The van der Waals surface area contributed by atoms with Gasteiger partial charge in [0.15, 0.2) is 5.16 Å². The van der Waals surface area contributed by atoms with E-state index in [1.807, 2.05) is 6.26 Å². The summed E-state index contributed by atoms with van der Waals surface area (Å²) in [5.74, 6) is 0.773. The van der Waals surface area contributed by atoms with Gasteiger partial charge in [-0.1, -0.05) is 30.3 Å². The van der Waals surface area contributed by atoms with E-state index in [9.17, 15) is 0 Å². The SMILES string of the molecule is CCc1ccsc1CNc1cc(Cl)nc(SC)n1. The molecule has 2 heterocycles. The molecule has 0 aliphatic carbocycles. The number of thiophene rings is 1. The Balaban J connectivity index is 2.08. The van der Waals surface area contributed by atoms with E-state index in [0.29, 0.717) is 10.3 Å². The fraction of sp³-hybridized carbons (Fsp3) is 0.333. The summed E-state index contributed by atoms with van der Waals surface area (Å²) in [5.41, 5.74) is 1.39. The number of thioether (sulfide) groups is 1. The second-order valence-electron chi connectivity index (χ2n) is 3.64. The lowest BCUT2D eigenvalue weighted by Crippen LogP contribution is -2.03. The van der Waals surface area contributed by atoms with E-state index in [0.717, 1.165) is 18.8 Å². The Morgan fingerprint density at radius 2 is 2.28 bits per heavy atom. The molecule has 0 unspecified atom stereocenters. The number of aryl methyl sites for hydroxylation is 1. The summed E-state index contributed by atoms with van der Waals surface area (Å²) in [6, 6.07) is 3.92. The van der Waals surface area contributed by atoms with E-state index >= 15 is 0 Å². The average Bonchev–Trinajstić information content (AvgIpc) is 2.83. The van der Waals surface area contributed by atoms with Crippen molar-refractivity contribution in [2.45, 2.75) is 25.0 Å². The third-order valence-electron chi connectivity index (χ3n) is 2.51. The van der Waals surface area contributed by atoms with Crippen molar-refractivity contribution in [3.63, 3.8) is 0 Å². The molecule has 0 amide bonds. The Labute approximate surface area is 120 Å². The van der Waals surface area contributed by atoms with Gasteiger partial charge in [0.25, 0.3) is 0 Å². The molecule has 0 spiro atoms. The van der Waals surface area contributed by atoms with Gasteiger partial charge in [0.05, 0.1) is 6.54 Å². The molecule has 2 aromatic rings. The molecular weight excluding hydrogens is 286 g/mol. The highest BCUT2D eigenvalue weighted by atomic mass is 35.5. The minimum atomic E-state index is 0.471. The first-order valence-corrected chi connectivity index (χ1v) is 8.09. The van der Waals surface area contributed by atoms with Crippen LogP contribution in [0.25, 0.3) is 0 Å². The molecule has 18 heavy (non-hydrogen) atoms. The largest absolute Gasteiger partial charge is 0.365 e. The number of halogens is 1. The molecule has 0 atom stereocenters. The van der Waals surface area contributed by atoms with Crippen molar-refractivity contribution in [3.05, 3.63) is 33.1 Å². The quantitative estimate of drug-likeness (QED) is 0.513. The molecule has 2 aromatic heterocycles. The van der Waals surface area contributed by atoms with Crippen molar-refractivity contribution in [2.75, 3.05) is 11.6 Å². The predicted molar refractivity (Wildman–Crippen MR) is 79.8 cm³/mol. The van der Waals surface area contributed by atoms with Gasteiger partial charge < -0.3 is 5.32 Å². The van der Waals surface area contributed by atoms with Crippen LogP contribution in [0, 0.1) is 0 Å². The van der Waals surface area contributed by atoms with E-state index in [2.05, 4.69) is 33.7 Å². The van der Waals surface area contributed by atoms with Crippen LogP contribution in [0.4, 0.5) is 5.82 Å². The Hall–Kier alpha value is -0.780. The van der Waals surface area contributed by atoms with Crippen LogP contribution in [0.5, 0.6) is 0 Å². The van der Waals surface area contributed by atoms with Gasteiger partial charge in [0.1, 0.15) is 11.0 Å². The molecule has 0 bridgehead atoms. The number of hydrogen-bond acceptors (Lipinski definition) is 5. The maximum atomic E-state index is 5.95. The third kappa shape index (κ3) is 3.37. The number of aromatic nitrogens is 2. The van der Waals surface area contributed by atoms with Crippen molar-refractivity contribution >= 4 is 40.5 Å². The standard InChI is InChI=1S/C12H14ClN3S2/c1-3-8-4-5-18-9(8)7-14-11-6-10(13)15-12(16-11)17-2/h4-6H,3,7H2,1-2H3,(H,14,15,16). The van der Waals surface area contributed by atoms with Crippen molar-refractivity contribution in [1.82, 2.24) is 9.97 Å². The molecule has 0 aliphatic heterocycles. The number of nitrogens with one attached hydrogen (secondary N) is 1. The van der Waals surface area contributed by atoms with Gasteiger partial charge in [-0.3, -0.25) is 0 Å². The fourth-order valence-electron chi connectivity index (χ4n) is 1.59. The molecule has 0 radical (unpaired) electrons. The molecule has 0 aliphatic rings. The van der Waals surface area contributed by atoms with Crippen LogP contribution in [0.3, 0.4) is 0 Å². The van der Waals surface area contributed by atoms with Crippen LogP contribution in [-0.2, 0) is 13.0 Å². The van der Waals surface area contributed by atoms with Crippen LogP contribution < -0.4 is 5.32 Å². The van der Waals surface area contributed by atoms with Gasteiger partial charge in [-0.25, -0.2) is 9.97 Å². The molecule has 0 saturated heterocycles.